The Hall–Kier alpha value is -0.440. The van der Waals surface area contributed by atoms with Crippen molar-refractivity contribution in [1.29, 1.82) is 0 Å². The van der Waals surface area contributed by atoms with Crippen molar-refractivity contribution in [3.05, 3.63) is 0 Å². The average Bonchev–Trinajstić information content (AvgIpc) is 2.46. The average molecular weight is 104 g/mol. The Balaban J connectivity index is 2.42. The second kappa shape index (κ2) is 1.26. The van der Waals surface area contributed by atoms with Crippen LogP contribution in [0.15, 0.2) is 0 Å². The van der Waals surface area contributed by atoms with Gasteiger partial charge in [-0.05, 0) is 0 Å². The third-order valence-corrected chi connectivity index (χ3v) is 0.956. The number of carbonyl (C=O) groups excluding carboxylic acids is 1. The van der Waals surface area contributed by atoms with E-state index in [0.717, 1.165) is 0 Å². The van der Waals surface area contributed by atoms with Gasteiger partial charge in [-0.25, -0.2) is 4.39 Å². The highest BCUT2D eigenvalue weighted by molar-refractivity contribution is 5.66. The molecule has 1 fully saturated rings. The highest BCUT2D eigenvalue weighted by Gasteiger charge is 2.44. The van der Waals surface area contributed by atoms with Crippen LogP contribution in [-0.2, 0) is 9.53 Å². The fourth-order valence-corrected chi connectivity index (χ4v) is 0.269. The van der Waals surface area contributed by atoms with Gasteiger partial charge in [-0.15, -0.1) is 0 Å². The number of hydrogen-bond acceptors (Lipinski definition) is 2. The van der Waals surface area contributed by atoms with E-state index >= 15 is 0 Å². The summed E-state index contributed by atoms with van der Waals surface area (Å²) in [6.07, 6.45) is 0.507. The lowest BCUT2D eigenvalue weighted by Gasteiger charge is -1.88. The van der Waals surface area contributed by atoms with E-state index in [0.29, 0.717) is 6.29 Å². The summed E-state index contributed by atoms with van der Waals surface area (Å²) < 4.78 is 15.9. The zero-order chi connectivity index (χ0) is 5.33. The highest BCUT2D eigenvalue weighted by atomic mass is 19.1. The largest absolute Gasteiger partial charge is 0.359 e. The van der Waals surface area contributed by atoms with Crippen LogP contribution < -0.4 is 0 Å². The van der Waals surface area contributed by atoms with Crippen molar-refractivity contribution in [2.75, 3.05) is 13.3 Å². The first-order valence-corrected chi connectivity index (χ1v) is 1.99. The van der Waals surface area contributed by atoms with Gasteiger partial charge in [-0.2, -0.15) is 0 Å². The molecule has 1 heterocycles. The number of aldehydes is 1. The van der Waals surface area contributed by atoms with E-state index < -0.39 is 12.3 Å². The summed E-state index contributed by atoms with van der Waals surface area (Å²) in [7, 11) is 0. The summed E-state index contributed by atoms with van der Waals surface area (Å²) in [5.41, 5.74) is -1.01. The second-order valence-electron chi connectivity index (χ2n) is 1.60. The van der Waals surface area contributed by atoms with Crippen molar-refractivity contribution < 1.29 is 13.9 Å². The predicted molar refractivity (Wildman–Crippen MR) is 20.7 cm³/mol. The van der Waals surface area contributed by atoms with Crippen molar-refractivity contribution in [1.82, 2.24) is 0 Å². The molecule has 2 nitrogen and oxygen atoms in total. The van der Waals surface area contributed by atoms with Gasteiger partial charge in [-0.1, -0.05) is 0 Å². The van der Waals surface area contributed by atoms with E-state index in [1.165, 1.54) is 0 Å². The van der Waals surface area contributed by atoms with Crippen LogP contribution in [0.3, 0.4) is 0 Å². The molecule has 0 aromatic heterocycles. The molecule has 0 saturated carbocycles. The van der Waals surface area contributed by atoms with Crippen LogP contribution in [0, 0.1) is 0 Å². The maximum absolute atomic E-state index is 11.5. The molecule has 0 aliphatic carbocycles. The Morgan fingerprint density at radius 1 is 2.00 bits per heavy atom. The normalized spacial score (nSPS) is 37.9. The van der Waals surface area contributed by atoms with Gasteiger partial charge >= 0.3 is 0 Å². The van der Waals surface area contributed by atoms with E-state index in [1.807, 2.05) is 0 Å². The van der Waals surface area contributed by atoms with Crippen molar-refractivity contribution >= 4 is 6.29 Å². The maximum atomic E-state index is 11.5. The van der Waals surface area contributed by atoms with E-state index in [4.69, 9.17) is 0 Å². The van der Waals surface area contributed by atoms with E-state index in [1.54, 1.807) is 0 Å². The van der Waals surface area contributed by atoms with Crippen LogP contribution in [0.25, 0.3) is 0 Å². The lowest BCUT2D eigenvalue weighted by atomic mass is 10.2. The molecule has 0 aromatic carbocycles. The molecule has 0 N–H and O–H groups in total. The standard InChI is InChI=1S/C4H5FO2/c5-1-4(2-6)3-7-4/h2H,1,3H2/t4-/m0/s1. The smallest absolute Gasteiger partial charge is 0.174 e. The summed E-state index contributed by atoms with van der Waals surface area (Å²) in [5.74, 6) is 0. The summed E-state index contributed by atoms with van der Waals surface area (Å²) in [6, 6.07) is 0. The zero-order valence-electron chi connectivity index (χ0n) is 3.69. The second-order valence-corrected chi connectivity index (χ2v) is 1.60. The van der Waals surface area contributed by atoms with E-state index in [2.05, 4.69) is 4.74 Å². The molecule has 0 aromatic rings. The molecule has 0 radical (unpaired) electrons. The number of epoxide rings is 1. The lowest BCUT2D eigenvalue weighted by molar-refractivity contribution is -0.112. The molecular formula is C4H5FO2. The first-order chi connectivity index (χ1) is 3.33. The monoisotopic (exact) mass is 104 g/mol. The van der Waals surface area contributed by atoms with Crippen molar-refractivity contribution in [3.8, 4) is 0 Å². The molecule has 0 amide bonds. The number of rotatable bonds is 2. The van der Waals surface area contributed by atoms with Crippen LogP contribution in [0.4, 0.5) is 4.39 Å². The van der Waals surface area contributed by atoms with Crippen molar-refractivity contribution in [2.24, 2.45) is 0 Å². The van der Waals surface area contributed by atoms with Gasteiger partial charge < -0.3 is 4.74 Å². The minimum Gasteiger partial charge on any atom is -0.359 e. The van der Waals surface area contributed by atoms with Crippen LogP contribution in [0.1, 0.15) is 0 Å². The third kappa shape index (κ3) is 0.632. The van der Waals surface area contributed by atoms with Gasteiger partial charge in [0.1, 0.15) is 6.67 Å². The fourth-order valence-electron chi connectivity index (χ4n) is 0.269. The van der Waals surface area contributed by atoms with Gasteiger partial charge in [-0.3, -0.25) is 4.79 Å². The first kappa shape index (κ1) is 4.71. The topological polar surface area (TPSA) is 29.6 Å². The SMILES string of the molecule is O=C[C@@]1(CF)CO1. The third-order valence-electron chi connectivity index (χ3n) is 0.956. The van der Waals surface area contributed by atoms with Crippen LogP contribution in [-0.4, -0.2) is 25.2 Å². The predicted octanol–water partition coefficient (Wildman–Crippen LogP) is -0.0762. The summed E-state index contributed by atoms with van der Waals surface area (Å²) in [6.45, 7) is -0.427. The van der Waals surface area contributed by atoms with Crippen LogP contribution >= 0.6 is 0 Å². The van der Waals surface area contributed by atoms with Gasteiger partial charge in [0.25, 0.3) is 0 Å². The number of hydrogen-bond donors (Lipinski definition) is 0. The highest BCUT2D eigenvalue weighted by Crippen LogP contribution is 2.23. The molecule has 0 unspecified atom stereocenters. The molecular weight excluding hydrogens is 99.0 g/mol. The molecule has 7 heavy (non-hydrogen) atoms. The first-order valence-electron chi connectivity index (χ1n) is 1.99. The minimum absolute atomic E-state index is 0.257. The molecule has 40 valence electrons. The molecule has 1 aliphatic heterocycles. The van der Waals surface area contributed by atoms with Crippen LogP contribution in [0.5, 0.6) is 0 Å². The summed E-state index contributed by atoms with van der Waals surface area (Å²) in [4.78, 5) is 9.76. The van der Waals surface area contributed by atoms with Crippen molar-refractivity contribution in [3.63, 3.8) is 0 Å². The molecule has 3 heteroatoms. The number of carbonyl (C=O) groups is 1. The number of halogens is 1. The molecule has 0 spiro atoms. The lowest BCUT2D eigenvalue weighted by Crippen LogP contribution is -2.14. The summed E-state index contributed by atoms with van der Waals surface area (Å²) in [5, 5.41) is 0. The zero-order valence-corrected chi connectivity index (χ0v) is 3.69. The Kier molecular flexibility index (Phi) is 0.852. The quantitative estimate of drug-likeness (QED) is 0.362. The minimum atomic E-state index is -1.01. The van der Waals surface area contributed by atoms with Gasteiger partial charge in [0.15, 0.2) is 11.9 Å². The van der Waals surface area contributed by atoms with Crippen LogP contribution in [0.2, 0.25) is 0 Å². The Morgan fingerprint density at radius 2 is 2.57 bits per heavy atom. The van der Waals surface area contributed by atoms with E-state index in [9.17, 15) is 9.18 Å². The Bertz CT molecular complexity index is 87.7. The molecule has 1 saturated heterocycles. The van der Waals surface area contributed by atoms with E-state index in [-0.39, 0.29) is 6.61 Å². The Morgan fingerprint density at radius 3 is 2.57 bits per heavy atom. The fraction of sp³-hybridized carbons (Fsp3) is 0.750. The Labute approximate surface area is 40.3 Å². The van der Waals surface area contributed by atoms with Crippen molar-refractivity contribution in [2.45, 2.75) is 5.60 Å². The number of ether oxygens (including phenoxy) is 1. The van der Waals surface area contributed by atoms with Gasteiger partial charge in [0.2, 0.25) is 0 Å². The molecule has 1 aliphatic rings. The number of alkyl halides is 1. The molecule has 1 atom stereocenters. The maximum Gasteiger partial charge on any atom is 0.174 e. The van der Waals surface area contributed by atoms with Gasteiger partial charge in [0.05, 0.1) is 6.61 Å². The van der Waals surface area contributed by atoms with Gasteiger partial charge in [0, 0.05) is 0 Å². The molecule has 0 bridgehead atoms. The summed E-state index contributed by atoms with van der Waals surface area (Å²) >= 11 is 0. The molecule has 1 rings (SSSR count).